The molecule has 4 heterocycles. The van der Waals surface area contributed by atoms with E-state index in [1.807, 2.05) is 44.2 Å². The first-order valence-electron chi connectivity index (χ1n) is 18.0. The molecule has 0 amide bonds. The molecule has 6 aromatic rings. The molecule has 1 unspecified atom stereocenters. The van der Waals surface area contributed by atoms with Gasteiger partial charge in [0.15, 0.2) is 0 Å². The zero-order valence-corrected chi connectivity index (χ0v) is 44.7. The minimum atomic E-state index is -3.15. The van der Waals surface area contributed by atoms with E-state index in [0.29, 0.717) is 31.7 Å². The Morgan fingerprint density at radius 1 is 0.804 bits per heavy atom. The van der Waals surface area contributed by atoms with Crippen molar-refractivity contribution in [3.8, 4) is 34.0 Å². The third-order valence-corrected chi connectivity index (χ3v) is 9.00. The average Bonchev–Trinajstić information content (AvgIpc) is 3.20. The topological polar surface area (TPSA) is 146 Å². The van der Waals surface area contributed by atoms with E-state index in [9.17, 15) is 0 Å². The Labute approximate surface area is 426 Å². The molecule has 0 saturated carbocycles. The molecule has 4 aromatic carbocycles. The van der Waals surface area contributed by atoms with Crippen LogP contribution in [-0.2, 0) is 33.5 Å². The number of benzene rings is 4. The van der Waals surface area contributed by atoms with Gasteiger partial charge in [0, 0.05) is 33.0 Å². The Morgan fingerprint density at radius 3 is 1.75 bits per heavy atom. The fourth-order valence-corrected chi connectivity index (χ4v) is 6.37. The third kappa shape index (κ3) is 14.9. The summed E-state index contributed by atoms with van der Waals surface area (Å²) in [5.74, 6) is 2.88. The van der Waals surface area contributed by atoms with Crippen LogP contribution in [0.5, 0.6) is 11.5 Å². The molecule has 8 rings (SSSR count). The minimum absolute atomic E-state index is 0. The first-order chi connectivity index (χ1) is 26.6. The number of pyridine rings is 2. The monoisotopic (exact) mass is 913 g/mol. The van der Waals surface area contributed by atoms with Gasteiger partial charge in [-0.05, 0) is 69.8 Å². The molecule has 2 aliphatic rings. The van der Waals surface area contributed by atoms with E-state index in [1.54, 1.807) is 0 Å². The van der Waals surface area contributed by atoms with E-state index in [1.165, 1.54) is 96.4 Å². The summed E-state index contributed by atoms with van der Waals surface area (Å²) in [4.78, 5) is 18.5. The molecule has 16 heteroatoms. The van der Waals surface area contributed by atoms with Crippen LogP contribution < -0.4 is 71.0 Å². The average molecular weight is 915 g/mol. The van der Waals surface area contributed by atoms with Gasteiger partial charge in [0.25, 0.3) is 0 Å². The van der Waals surface area contributed by atoms with Crippen LogP contribution in [0.25, 0.3) is 44.3 Å². The molecule has 1 N–H and O–H groups in total. The van der Waals surface area contributed by atoms with Crippen molar-refractivity contribution in [1.82, 2.24) is 9.97 Å². The molecule has 0 aliphatic carbocycles. The molecular weight excluding hydrogens is 875 g/mol. The van der Waals surface area contributed by atoms with E-state index < -0.39 is 8.25 Å². The van der Waals surface area contributed by atoms with Crippen LogP contribution in [0.1, 0.15) is 44.4 Å². The van der Waals surface area contributed by atoms with Crippen LogP contribution in [0, 0.1) is 11.8 Å². The number of hydrogen-bond donors (Lipinski definition) is 1. The molecule has 1 atom stereocenters. The molecule has 10 nitrogen and oxygen atoms in total. The van der Waals surface area contributed by atoms with E-state index in [-0.39, 0.29) is 51.4 Å². The normalized spacial score (nSPS) is 11.7. The predicted octanol–water partition coefficient (Wildman–Crippen LogP) is 4.27. The first-order valence-corrected chi connectivity index (χ1v) is 35.9. The second-order valence-corrected chi connectivity index (χ2v) is 14.5. The summed E-state index contributed by atoms with van der Waals surface area (Å²) in [6, 6.07) is 33.3. The fourth-order valence-electron chi connectivity index (χ4n) is 5.90. The van der Waals surface area contributed by atoms with E-state index in [2.05, 4.69) is 106 Å². The number of rotatable bonds is 6. The standard InChI is InChI=1S/C20H19NO.C16H10BrNO.C4H10BO2.3K.HO4P/c1-13(2)10-14-7-5-9-18-17(14)11-19-20(21-18)16-8-4-3-6-15(16)12-22-19;17-13-6-3-7-14-12(13)8-15-16(18-14)11-5-2-1-4-10(11)9-19-15;1-4(2)3-7-5-6;;;;1-4-5(2)3/h3-9,11,13H,10,12H2,1-2H3;1-8H,9H2;4,6H,3H2,1-2H3;;;;1H/q;;;;;+1;/p-1. The van der Waals surface area contributed by atoms with Gasteiger partial charge >= 0.3 is 130 Å². The summed E-state index contributed by atoms with van der Waals surface area (Å²) in [5, 5.41) is 18.8. The summed E-state index contributed by atoms with van der Waals surface area (Å²) >= 11 is 6.06. The number of nitrogens with zero attached hydrogens (tertiary/aromatic N) is 2. The Morgan fingerprint density at radius 2 is 1.29 bits per heavy atom. The summed E-state index contributed by atoms with van der Waals surface area (Å²) < 4.78 is 28.7. The molecule has 0 bridgehead atoms. The summed E-state index contributed by atoms with van der Waals surface area (Å²) in [6.45, 7) is 10.4. The maximum atomic E-state index is 8.87. The Bertz CT molecular complexity index is 2200. The van der Waals surface area contributed by atoms with Crippen molar-refractivity contribution in [2.45, 2.75) is 47.3 Å². The molecule has 0 spiro atoms. The van der Waals surface area contributed by atoms with E-state index in [4.69, 9.17) is 39.2 Å². The van der Waals surface area contributed by atoms with Gasteiger partial charge in [0.2, 0.25) is 0 Å². The van der Waals surface area contributed by atoms with Crippen LogP contribution in [-0.4, -0.2) is 92.4 Å². The van der Waals surface area contributed by atoms with Crippen molar-refractivity contribution in [2.75, 3.05) is 6.61 Å². The summed E-state index contributed by atoms with van der Waals surface area (Å²) in [7, 11) is -2.43. The second-order valence-electron chi connectivity index (χ2n) is 13.1. The number of fused-ring (bicyclic) bond motifs is 8. The summed E-state index contributed by atoms with van der Waals surface area (Å²) in [6.07, 6.45) is 1.06. The van der Waals surface area contributed by atoms with Gasteiger partial charge < -0.3 is 29.3 Å². The van der Waals surface area contributed by atoms with Crippen LogP contribution in [0.2, 0.25) is 0 Å². The van der Waals surface area contributed by atoms with Crippen molar-refractivity contribution >= 4 is 117 Å². The van der Waals surface area contributed by atoms with Crippen molar-refractivity contribution in [1.29, 1.82) is 0 Å². The van der Waals surface area contributed by atoms with E-state index >= 15 is 0 Å². The van der Waals surface area contributed by atoms with Crippen LogP contribution >= 0.6 is 24.2 Å². The van der Waals surface area contributed by atoms with Gasteiger partial charge in [0.05, 0.1) is 11.0 Å². The zero-order chi connectivity index (χ0) is 39.9. The van der Waals surface area contributed by atoms with E-state index in [0.717, 1.165) is 57.9 Å². The van der Waals surface area contributed by atoms with Gasteiger partial charge in [-0.25, -0.2) is 14.6 Å². The SMILES string of the molecule is Brc1cccc2nc3c(cc12)OCc1ccccc1-3.CC(C)CO[B]O.CC(C)Cc1cccc2nc3c(cc12)OCc1ccccc1-3.O=[P+]([O-])O[O-].[K+].[K][K]. The summed E-state index contributed by atoms with van der Waals surface area (Å²) in [5.41, 5.74) is 10.1. The molecule has 0 fully saturated rings. The zero-order valence-electron chi connectivity index (χ0n) is 32.8. The van der Waals surface area contributed by atoms with Crippen molar-refractivity contribution < 1.29 is 89.9 Å². The molecule has 1 radical (unpaired) electrons. The van der Waals surface area contributed by atoms with Crippen LogP contribution in [0.3, 0.4) is 0 Å². The van der Waals surface area contributed by atoms with Gasteiger partial charge in [-0.3, -0.25) is 0 Å². The Hall–Kier alpha value is 0.654. The van der Waals surface area contributed by atoms with Crippen LogP contribution in [0.4, 0.5) is 0 Å². The number of aromatic nitrogens is 2. The molecule has 275 valence electrons. The predicted molar refractivity (Wildman–Crippen MR) is 218 cm³/mol. The molecular formula is C40H39BBrK3N2O8P. The fraction of sp³-hybridized carbons (Fsp3) is 0.250. The van der Waals surface area contributed by atoms with Crippen molar-refractivity contribution in [3.05, 3.63) is 118 Å². The third-order valence-electron chi connectivity index (χ3n) is 8.19. The number of halogens is 1. The van der Waals surface area contributed by atoms with Crippen molar-refractivity contribution in [3.63, 3.8) is 0 Å². The second kappa shape index (κ2) is 26.9. The molecule has 2 aromatic heterocycles. The van der Waals surface area contributed by atoms with Crippen molar-refractivity contribution in [2.24, 2.45) is 11.8 Å². The molecule has 56 heavy (non-hydrogen) atoms. The number of ether oxygens (including phenoxy) is 2. The van der Waals surface area contributed by atoms with Crippen LogP contribution in [0.15, 0.2) is 102 Å². The first kappa shape index (κ1) is 51.0. The quantitative estimate of drug-likeness (QED) is 0.111. The number of hydrogen-bond acceptors (Lipinski definition) is 10. The van der Waals surface area contributed by atoms with Gasteiger partial charge in [0.1, 0.15) is 36.1 Å². The Kier molecular flexibility index (Phi) is 24.5. The van der Waals surface area contributed by atoms with Gasteiger partial charge in [-0.2, -0.15) is 0 Å². The molecule has 0 saturated heterocycles. The molecule has 2 aliphatic heterocycles. The maximum absolute atomic E-state index is 8.87. The van der Waals surface area contributed by atoms with Gasteiger partial charge in [-0.15, -0.1) is 0 Å². The van der Waals surface area contributed by atoms with Gasteiger partial charge in [-0.1, -0.05) is 110 Å². The Balaban J connectivity index is 0.000000225.